The van der Waals surface area contributed by atoms with Gasteiger partial charge in [-0.3, -0.25) is 9.89 Å². The van der Waals surface area contributed by atoms with Gasteiger partial charge >= 0.3 is 0 Å². The molecule has 1 saturated heterocycles. The van der Waals surface area contributed by atoms with Gasteiger partial charge in [-0.2, -0.15) is 5.10 Å². The number of hydrogen-bond donors (Lipinski definition) is 3. The molecule has 0 saturated carbocycles. The molecule has 3 N–H and O–H groups in total. The Hall–Kier alpha value is -2.06. The number of aromatic hydroxyl groups is 1. The van der Waals surface area contributed by atoms with Crippen molar-refractivity contribution in [1.82, 2.24) is 15.5 Å². The fraction of sp³-hybridized carbons (Fsp3) is 0.286. The van der Waals surface area contributed by atoms with Crippen LogP contribution in [0.25, 0.3) is 11.3 Å². The summed E-state index contributed by atoms with van der Waals surface area (Å²) < 4.78 is 22.8. The third-order valence-electron chi connectivity index (χ3n) is 3.62. The van der Waals surface area contributed by atoms with E-state index in [9.17, 15) is 18.3 Å². The summed E-state index contributed by atoms with van der Waals surface area (Å²) in [4.78, 5) is 12.1. The second kappa shape index (κ2) is 5.86. The normalized spacial score (nSPS) is 19.6. The molecule has 0 radical (unpaired) electrons. The molecule has 1 aromatic carbocycles. The minimum absolute atomic E-state index is 0.00487. The van der Waals surface area contributed by atoms with Crippen LogP contribution >= 0.6 is 11.6 Å². The zero-order valence-electron chi connectivity index (χ0n) is 11.9. The third-order valence-corrected chi connectivity index (χ3v) is 5.63. The molecule has 1 aromatic heterocycles. The third kappa shape index (κ3) is 3.48. The van der Waals surface area contributed by atoms with E-state index in [1.807, 2.05) is 0 Å². The topological polar surface area (TPSA) is 112 Å². The van der Waals surface area contributed by atoms with Crippen LogP contribution in [-0.4, -0.2) is 47.2 Å². The first-order valence-electron chi connectivity index (χ1n) is 6.90. The number of rotatable bonds is 3. The number of carbonyl (C=O) groups excluding carboxylic acids is 1. The summed E-state index contributed by atoms with van der Waals surface area (Å²) >= 11 is 5.89. The Bertz CT molecular complexity index is 863. The number of phenolic OH excluding ortho intramolecular Hbond substituents is 1. The molecule has 0 aliphatic carbocycles. The lowest BCUT2D eigenvalue weighted by atomic mass is 10.1. The molecule has 7 nitrogen and oxygen atoms in total. The lowest BCUT2D eigenvalue weighted by Gasteiger charge is -2.08. The van der Waals surface area contributed by atoms with Crippen LogP contribution in [0.5, 0.6) is 5.75 Å². The summed E-state index contributed by atoms with van der Waals surface area (Å²) in [5, 5.41) is 19.5. The largest absolute Gasteiger partial charge is 0.507 e. The van der Waals surface area contributed by atoms with Crippen LogP contribution in [0.3, 0.4) is 0 Å². The SMILES string of the molecule is O=C(N[C@H]1CCS(=O)(=O)C1)c1cc(-c2cc(Cl)ccc2O)n[nH]1. The van der Waals surface area contributed by atoms with Crippen molar-refractivity contribution in [3.05, 3.63) is 35.0 Å². The molecule has 1 atom stereocenters. The minimum Gasteiger partial charge on any atom is -0.507 e. The van der Waals surface area contributed by atoms with Crippen LogP contribution < -0.4 is 5.32 Å². The van der Waals surface area contributed by atoms with Gasteiger partial charge in [-0.25, -0.2) is 8.42 Å². The molecule has 0 unspecified atom stereocenters. The molecule has 2 heterocycles. The van der Waals surface area contributed by atoms with Gasteiger partial charge in [-0.1, -0.05) is 11.6 Å². The zero-order chi connectivity index (χ0) is 16.6. The number of hydrogen-bond acceptors (Lipinski definition) is 5. The van der Waals surface area contributed by atoms with Crippen molar-refractivity contribution >= 4 is 27.3 Å². The molecule has 1 amide bonds. The average Bonchev–Trinajstić information content (AvgIpc) is 3.08. The molecule has 1 aliphatic heterocycles. The van der Waals surface area contributed by atoms with Crippen LogP contribution in [0, 0.1) is 0 Å². The number of amides is 1. The van der Waals surface area contributed by atoms with Gasteiger partial charge in [0.15, 0.2) is 9.84 Å². The highest BCUT2D eigenvalue weighted by atomic mass is 35.5. The van der Waals surface area contributed by atoms with E-state index in [1.54, 1.807) is 6.07 Å². The molecule has 2 aromatic rings. The van der Waals surface area contributed by atoms with Crippen LogP contribution in [0.1, 0.15) is 16.9 Å². The van der Waals surface area contributed by atoms with Crippen molar-refractivity contribution in [3.63, 3.8) is 0 Å². The predicted octanol–water partition coefficient (Wildman–Crippen LogP) is 1.35. The molecule has 1 fully saturated rings. The Labute approximate surface area is 137 Å². The van der Waals surface area contributed by atoms with Gasteiger partial charge in [-0.15, -0.1) is 0 Å². The number of aromatic amines is 1. The van der Waals surface area contributed by atoms with E-state index in [1.165, 1.54) is 18.2 Å². The fourth-order valence-electron chi connectivity index (χ4n) is 2.46. The number of benzene rings is 1. The van der Waals surface area contributed by atoms with Gasteiger partial charge in [0.2, 0.25) is 0 Å². The van der Waals surface area contributed by atoms with Crippen molar-refractivity contribution < 1.29 is 18.3 Å². The quantitative estimate of drug-likeness (QED) is 0.769. The van der Waals surface area contributed by atoms with E-state index in [-0.39, 0.29) is 29.0 Å². The summed E-state index contributed by atoms with van der Waals surface area (Å²) in [6.45, 7) is 0. The molecule has 122 valence electrons. The molecule has 0 bridgehead atoms. The summed E-state index contributed by atoms with van der Waals surface area (Å²) in [7, 11) is -3.06. The number of nitrogens with one attached hydrogen (secondary N) is 2. The number of phenols is 1. The Morgan fingerprint density at radius 2 is 2.17 bits per heavy atom. The molecule has 3 rings (SSSR count). The Morgan fingerprint density at radius 3 is 2.87 bits per heavy atom. The highest BCUT2D eigenvalue weighted by molar-refractivity contribution is 7.91. The van der Waals surface area contributed by atoms with E-state index in [2.05, 4.69) is 15.5 Å². The fourth-order valence-corrected chi connectivity index (χ4v) is 4.31. The Morgan fingerprint density at radius 1 is 1.39 bits per heavy atom. The predicted molar refractivity (Wildman–Crippen MR) is 85.2 cm³/mol. The summed E-state index contributed by atoms with van der Waals surface area (Å²) in [5.41, 5.74) is 0.953. The van der Waals surface area contributed by atoms with Crippen LogP contribution in [0.2, 0.25) is 5.02 Å². The van der Waals surface area contributed by atoms with Crippen molar-refractivity contribution in [3.8, 4) is 17.0 Å². The smallest absolute Gasteiger partial charge is 0.269 e. The Kier molecular flexibility index (Phi) is 4.03. The van der Waals surface area contributed by atoms with Crippen LogP contribution in [0.15, 0.2) is 24.3 Å². The molecular formula is C14H14ClN3O4S. The highest BCUT2D eigenvalue weighted by Gasteiger charge is 2.29. The maximum absolute atomic E-state index is 12.1. The maximum atomic E-state index is 12.1. The van der Waals surface area contributed by atoms with Crippen molar-refractivity contribution in [2.45, 2.75) is 12.5 Å². The molecule has 0 spiro atoms. The van der Waals surface area contributed by atoms with E-state index in [0.29, 0.717) is 22.7 Å². The van der Waals surface area contributed by atoms with Gasteiger partial charge in [0, 0.05) is 16.6 Å². The number of aromatic nitrogens is 2. The van der Waals surface area contributed by atoms with E-state index < -0.39 is 15.7 Å². The first kappa shape index (κ1) is 15.8. The van der Waals surface area contributed by atoms with Gasteiger partial charge in [0.05, 0.1) is 17.2 Å². The average molecular weight is 356 g/mol. The molecular weight excluding hydrogens is 342 g/mol. The monoisotopic (exact) mass is 355 g/mol. The highest BCUT2D eigenvalue weighted by Crippen LogP contribution is 2.30. The van der Waals surface area contributed by atoms with Gasteiger partial charge in [-0.05, 0) is 30.7 Å². The summed E-state index contributed by atoms with van der Waals surface area (Å²) in [5.74, 6) is -0.403. The number of halogens is 1. The van der Waals surface area contributed by atoms with Crippen molar-refractivity contribution in [2.75, 3.05) is 11.5 Å². The van der Waals surface area contributed by atoms with Crippen LogP contribution in [0.4, 0.5) is 0 Å². The first-order chi connectivity index (χ1) is 10.8. The zero-order valence-corrected chi connectivity index (χ0v) is 13.5. The second-order valence-corrected chi connectivity index (χ2v) is 8.07. The summed E-state index contributed by atoms with van der Waals surface area (Å²) in [6.07, 6.45) is 0.407. The Balaban J connectivity index is 1.76. The minimum atomic E-state index is -3.06. The first-order valence-corrected chi connectivity index (χ1v) is 9.09. The van der Waals surface area contributed by atoms with Gasteiger partial charge in [0.25, 0.3) is 5.91 Å². The van der Waals surface area contributed by atoms with Gasteiger partial charge < -0.3 is 10.4 Å². The standard InChI is InChI=1S/C14H14ClN3O4S/c15-8-1-2-13(19)10(5-8)11-6-12(18-17-11)14(20)16-9-3-4-23(21,22)7-9/h1-2,5-6,9,19H,3-4,7H2,(H,16,20)(H,17,18)/t9-/m0/s1. The van der Waals surface area contributed by atoms with Crippen LogP contribution in [-0.2, 0) is 9.84 Å². The van der Waals surface area contributed by atoms with E-state index in [0.717, 1.165) is 0 Å². The lowest BCUT2D eigenvalue weighted by Crippen LogP contribution is -2.35. The number of carbonyl (C=O) groups is 1. The number of H-pyrrole nitrogens is 1. The molecule has 1 aliphatic rings. The lowest BCUT2D eigenvalue weighted by molar-refractivity contribution is 0.0936. The van der Waals surface area contributed by atoms with Crippen molar-refractivity contribution in [2.24, 2.45) is 0 Å². The van der Waals surface area contributed by atoms with E-state index >= 15 is 0 Å². The van der Waals surface area contributed by atoms with E-state index in [4.69, 9.17) is 11.6 Å². The second-order valence-electron chi connectivity index (χ2n) is 5.40. The number of sulfone groups is 1. The number of nitrogens with zero attached hydrogens (tertiary/aromatic N) is 1. The van der Waals surface area contributed by atoms with Gasteiger partial charge in [0.1, 0.15) is 11.4 Å². The maximum Gasteiger partial charge on any atom is 0.269 e. The summed E-state index contributed by atoms with van der Waals surface area (Å²) in [6, 6.07) is 5.61. The molecule has 9 heteroatoms. The molecule has 23 heavy (non-hydrogen) atoms. The van der Waals surface area contributed by atoms with Crippen molar-refractivity contribution in [1.29, 1.82) is 0 Å².